The van der Waals surface area contributed by atoms with E-state index >= 15 is 8.78 Å². The van der Waals surface area contributed by atoms with Gasteiger partial charge in [-0.3, -0.25) is 9.98 Å². The van der Waals surface area contributed by atoms with Crippen molar-refractivity contribution in [1.29, 1.82) is 0 Å². The number of aryl methyl sites for hydroxylation is 1. The number of allylic oxidation sites excluding steroid dienone is 1. The van der Waals surface area contributed by atoms with Gasteiger partial charge in [0.25, 0.3) is 0 Å². The molecule has 1 aromatic carbocycles. The van der Waals surface area contributed by atoms with Crippen molar-refractivity contribution in [2.75, 3.05) is 31.6 Å². The molecule has 4 rings (SSSR count). The summed E-state index contributed by atoms with van der Waals surface area (Å²) in [6.07, 6.45) is 5.32. The molecule has 0 amide bonds. The van der Waals surface area contributed by atoms with Crippen LogP contribution in [0.1, 0.15) is 83.3 Å². The Balaban J connectivity index is 1.56. The van der Waals surface area contributed by atoms with E-state index in [0.29, 0.717) is 34.6 Å². The predicted octanol–water partition coefficient (Wildman–Crippen LogP) is 7.69. The van der Waals surface area contributed by atoms with Gasteiger partial charge in [0, 0.05) is 17.8 Å². The molecule has 0 aliphatic carbocycles. The Kier molecular flexibility index (Phi) is 9.92. The van der Waals surface area contributed by atoms with Crippen molar-refractivity contribution < 1.29 is 8.78 Å². The second-order valence-corrected chi connectivity index (χ2v) is 12.5. The van der Waals surface area contributed by atoms with Gasteiger partial charge in [-0.15, -0.1) is 0 Å². The van der Waals surface area contributed by atoms with E-state index in [4.69, 9.17) is 0 Å². The highest BCUT2D eigenvalue weighted by Crippen LogP contribution is 2.44. The van der Waals surface area contributed by atoms with Gasteiger partial charge < -0.3 is 14.8 Å². The summed E-state index contributed by atoms with van der Waals surface area (Å²) in [5.74, 6) is 1.11. The van der Waals surface area contributed by atoms with Gasteiger partial charge in [0.05, 0.1) is 11.7 Å². The molecule has 9 heteroatoms. The van der Waals surface area contributed by atoms with Crippen molar-refractivity contribution in [3.05, 3.63) is 65.3 Å². The number of aromatic nitrogens is 3. The molecule has 0 radical (unpaired) electrons. The monoisotopic (exact) mass is 577 g/mol. The van der Waals surface area contributed by atoms with Crippen LogP contribution in [-0.2, 0) is 0 Å². The first kappa shape index (κ1) is 31.5. The Bertz CT molecular complexity index is 1440. The Hall–Kier alpha value is -3.46. The SMILES string of the molecule is C=N/C=C(F)\C(=N/CNc1ccc(C(C2CCN(CC)CC2)C(C)(C)C)cn1)c1cc(F)c2nc(C)n(C(C)C)c2c1. The minimum absolute atomic E-state index is 0.0207. The standard InChI is InChI=1S/C33H45F2N7/c1-9-41-14-12-23(13-15-41)30(33(5,6)7)24-10-11-29(37-18-24)38-20-39-31(27(35)19-36-8)25-16-26(34)32-28(17-25)42(21(2)3)22(4)40-32/h10-11,16-19,21,23,30H,8-9,12-15,20H2,1-7H3,(H,37,38)/b27-19+,39-31-. The zero-order valence-electron chi connectivity index (χ0n) is 26.1. The Morgan fingerprint density at radius 2 is 1.93 bits per heavy atom. The number of likely N-dealkylation sites (tertiary alicyclic amines) is 1. The van der Waals surface area contributed by atoms with Crippen molar-refractivity contribution in [2.24, 2.45) is 21.3 Å². The fourth-order valence-electron chi connectivity index (χ4n) is 6.48. The summed E-state index contributed by atoms with van der Waals surface area (Å²) in [6.45, 7) is 21.8. The number of anilines is 1. The predicted molar refractivity (Wildman–Crippen MR) is 170 cm³/mol. The van der Waals surface area contributed by atoms with E-state index in [1.165, 1.54) is 24.5 Å². The van der Waals surface area contributed by atoms with Crippen molar-refractivity contribution in [3.8, 4) is 0 Å². The summed E-state index contributed by atoms with van der Waals surface area (Å²) in [6, 6.07) is 7.14. The van der Waals surface area contributed by atoms with E-state index in [2.05, 4.69) is 70.6 Å². The number of benzene rings is 1. The quantitative estimate of drug-likeness (QED) is 0.251. The van der Waals surface area contributed by atoms with E-state index in [-0.39, 0.29) is 29.4 Å². The van der Waals surface area contributed by atoms with Gasteiger partial charge in [0.2, 0.25) is 0 Å². The number of nitrogens with zero attached hydrogens (tertiary/aromatic N) is 6. The summed E-state index contributed by atoms with van der Waals surface area (Å²) in [7, 11) is 0. The lowest BCUT2D eigenvalue weighted by Crippen LogP contribution is -2.38. The topological polar surface area (TPSA) is 70.7 Å². The Morgan fingerprint density at radius 1 is 1.21 bits per heavy atom. The first-order valence-corrected chi connectivity index (χ1v) is 14.9. The fourth-order valence-corrected chi connectivity index (χ4v) is 6.48. The van der Waals surface area contributed by atoms with Crippen molar-refractivity contribution >= 4 is 29.3 Å². The number of rotatable bonds is 10. The lowest BCUT2D eigenvalue weighted by Gasteiger charge is -2.42. The Labute approximate surface area is 248 Å². The first-order valence-electron chi connectivity index (χ1n) is 14.9. The molecule has 0 bridgehead atoms. The third-order valence-corrected chi connectivity index (χ3v) is 8.27. The van der Waals surface area contributed by atoms with E-state index in [1.54, 1.807) is 6.07 Å². The van der Waals surface area contributed by atoms with E-state index < -0.39 is 11.6 Å². The number of nitrogens with one attached hydrogen (secondary N) is 1. The molecule has 7 nitrogen and oxygen atoms in total. The molecule has 0 saturated carbocycles. The third kappa shape index (κ3) is 6.94. The molecule has 1 N–H and O–H groups in total. The van der Waals surface area contributed by atoms with Crippen LogP contribution in [0.3, 0.4) is 0 Å². The summed E-state index contributed by atoms with van der Waals surface area (Å²) >= 11 is 0. The largest absolute Gasteiger partial charge is 0.351 e. The average molecular weight is 578 g/mol. The van der Waals surface area contributed by atoms with Gasteiger partial charge in [-0.05, 0) is 101 Å². The maximum Gasteiger partial charge on any atom is 0.167 e. The minimum atomic E-state index is -0.705. The highest BCUT2D eigenvalue weighted by molar-refractivity contribution is 6.12. The van der Waals surface area contributed by atoms with Crippen molar-refractivity contribution in [3.63, 3.8) is 0 Å². The summed E-state index contributed by atoms with van der Waals surface area (Å²) in [5.41, 5.74) is 2.46. The number of fused-ring (bicyclic) bond motifs is 1. The van der Waals surface area contributed by atoms with Crippen molar-refractivity contribution in [2.45, 2.75) is 73.3 Å². The highest BCUT2D eigenvalue weighted by Gasteiger charge is 2.35. The molecule has 0 spiro atoms. The smallest absolute Gasteiger partial charge is 0.167 e. The molecule has 1 fully saturated rings. The molecule has 2 aromatic heterocycles. The summed E-state index contributed by atoms with van der Waals surface area (Å²) in [5, 5.41) is 3.17. The highest BCUT2D eigenvalue weighted by atomic mass is 19.1. The molecule has 1 aliphatic heterocycles. The second-order valence-electron chi connectivity index (χ2n) is 12.5. The fraction of sp³-hybridized carbons (Fsp3) is 0.515. The zero-order valence-corrected chi connectivity index (χ0v) is 26.1. The van der Waals surface area contributed by atoms with Gasteiger partial charge in [-0.25, -0.2) is 18.7 Å². The van der Waals surface area contributed by atoms with Crippen LogP contribution in [0.25, 0.3) is 11.0 Å². The van der Waals surface area contributed by atoms with Crippen LogP contribution in [-0.4, -0.2) is 58.2 Å². The average Bonchev–Trinajstić information content (AvgIpc) is 3.28. The van der Waals surface area contributed by atoms with Crippen molar-refractivity contribution in [1.82, 2.24) is 19.4 Å². The summed E-state index contributed by atoms with van der Waals surface area (Å²) < 4.78 is 32.2. The van der Waals surface area contributed by atoms with Crippen LogP contribution < -0.4 is 5.32 Å². The normalized spacial score (nSPS) is 16.8. The molecule has 42 heavy (non-hydrogen) atoms. The van der Waals surface area contributed by atoms with E-state index in [9.17, 15) is 0 Å². The molecule has 1 atom stereocenters. The molecule has 226 valence electrons. The van der Waals surface area contributed by atoms with Gasteiger partial charge in [0.1, 0.15) is 29.5 Å². The molecular weight excluding hydrogens is 532 g/mol. The number of imidazole rings is 1. The zero-order chi connectivity index (χ0) is 30.6. The van der Waals surface area contributed by atoms with Crippen LogP contribution >= 0.6 is 0 Å². The number of aliphatic imine (C=N–C) groups is 2. The minimum Gasteiger partial charge on any atom is -0.351 e. The van der Waals surface area contributed by atoms with Crippen LogP contribution in [0.2, 0.25) is 0 Å². The molecular formula is C33H45F2N7. The number of hydrogen-bond donors (Lipinski definition) is 1. The molecule has 3 heterocycles. The molecule has 1 saturated heterocycles. The maximum absolute atomic E-state index is 15.2. The molecule has 3 aromatic rings. The molecule has 1 aliphatic rings. The first-order chi connectivity index (χ1) is 19.9. The summed E-state index contributed by atoms with van der Waals surface area (Å²) in [4.78, 5) is 19.6. The number of hydrogen-bond acceptors (Lipinski definition) is 6. The van der Waals surface area contributed by atoms with Gasteiger partial charge >= 0.3 is 0 Å². The van der Waals surface area contributed by atoms with Crippen LogP contribution in [0.15, 0.2) is 52.5 Å². The third-order valence-electron chi connectivity index (χ3n) is 8.27. The van der Waals surface area contributed by atoms with Crippen LogP contribution in [0.4, 0.5) is 14.6 Å². The van der Waals surface area contributed by atoms with Gasteiger partial charge in [-0.1, -0.05) is 33.8 Å². The van der Waals surface area contributed by atoms with Gasteiger partial charge in [-0.2, -0.15) is 0 Å². The maximum atomic E-state index is 15.2. The van der Waals surface area contributed by atoms with E-state index in [0.717, 1.165) is 25.8 Å². The lowest BCUT2D eigenvalue weighted by molar-refractivity contribution is 0.132. The van der Waals surface area contributed by atoms with Crippen LogP contribution in [0.5, 0.6) is 0 Å². The Morgan fingerprint density at radius 3 is 2.50 bits per heavy atom. The van der Waals surface area contributed by atoms with E-state index in [1.807, 2.05) is 37.6 Å². The lowest BCUT2D eigenvalue weighted by atomic mass is 9.67. The molecule has 1 unspecified atom stereocenters. The number of halogens is 2. The number of pyridine rings is 1. The second kappa shape index (κ2) is 13.2. The van der Waals surface area contributed by atoms with Gasteiger partial charge in [0.15, 0.2) is 11.6 Å². The number of piperidine rings is 1. The van der Waals surface area contributed by atoms with Crippen LogP contribution in [0, 0.1) is 24.1 Å².